The predicted octanol–water partition coefficient (Wildman–Crippen LogP) is 4.36. The molecule has 1 aliphatic heterocycles. The van der Waals surface area contributed by atoms with Crippen LogP contribution in [0.5, 0.6) is 0 Å². The van der Waals surface area contributed by atoms with Crippen LogP contribution in [-0.4, -0.2) is 49.3 Å². The Morgan fingerprint density at radius 3 is 2.63 bits per heavy atom. The minimum absolute atomic E-state index is 0.0170. The average Bonchev–Trinajstić information content (AvgIpc) is 3.76. The number of nitrogen functional groups attached to an aromatic ring is 1. The summed E-state index contributed by atoms with van der Waals surface area (Å²) in [6, 6.07) is 11.4. The lowest BCUT2D eigenvalue weighted by atomic mass is 9.83. The van der Waals surface area contributed by atoms with Crippen molar-refractivity contribution in [1.82, 2.24) is 24.7 Å². The Hall–Kier alpha value is -4.11. The fourth-order valence-corrected chi connectivity index (χ4v) is 7.22. The molecule has 41 heavy (non-hydrogen) atoms. The van der Waals surface area contributed by atoms with E-state index < -0.39 is 0 Å². The number of carbonyl (C=O) groups is 2. The molecule has 1 amide bonds. The van der Waals surface area contributed by atoms with Crippen LogP contribution in [0.15, 0.2) is 55.0 Å². The lowest BCUT2D eigenvalue weighted by molar-refractivity contribution is -0.132. The van der Waals surface area contributed by atoms with E-state index in [1.807, 2.05) is 49.5 Å². The van der Waals surface area contributed by atoms with Gasteiger partial charge in [-0.25, -0.2) is 9.97 Å². The first kappa shape index (κ1) is 25.8. The number of nitrogens with one attached hydrogen (secondary N) is 1. The van der Waals surface area contributed by atoms with Crippen LogP contribution >= 0.6 is 0 Å². The highest BCUT2D eigenvalue weighted by Gasteiger charge is 2.58. The molecule has 1 unspecified atom stereocenters. The fourth-order valence-electron chi connectivity index (χ4n) is 7.22. The maximum Gasteiger partial charge on any atom is 0.249 e. The monoisotopic (exact) mass is 550 g/mol. The maximum atomic E-state index is 13.0. The van der Waals surface area contributed by atoms with Crippen molar-refractivity contribution >= 4 is 23.0 Å². The fraction of sp³-hybridized carbons (Fsp3) is 0.406. The molecule has 3 N–H and O–H groups in total. The van der Waals surface area contributed by atoms with Gasteiger partial charge < -0.3 is 15.8 Å². The Bertz CT molecular complexity index is 1650. The summed E-state index contributed by atoms with van der Waals surface area (Å²) in [6.45, 7) is 2.65. The minimum atomic E-state index is -0.326. The van der Waals surface area contributed by atoms with Crippen molar-refractivity contribution < 1.29 is 14.3 Å². The molecule has 7 rings (SSSR count). The molecule has 0 radical (unpaired) electrons. The quantitative estimate of drug-likeness (QED) is 0.328. The van der Waals surface area contributed by atoms with Gasteiger partial charge in [-0.15, -0.1) is 0 Å². The van der Waals surface area contributed by atoms with Gasteiger partial charge in [0.25, 0.3) is 0 Å². The van der Waals surface area contributed by atoms with Gasteiger partial charge in [-0.05, 0) is 69.6 Å². The Balaban J connectivity index is 1.18. The molecule has 3 fully saturated rings. The number of anilines is 1. The molecule has 1 saturated heterocycles. The zero-order chi connectivity index (χ0) is 28.2. The molecule has 4 aromatic rings. The van der Waals surface area contributed by atoms with Gasteiger partial charge >= 0.3 is 0 Å². The molecular weight excluding hydrogens is 516 g/mol. The number of benzene rings is 1. The first-order valence-electron chi connectivity index (χ1n) is 14.5. The van der Waals surface area contributed by atoms with Crippen molar-refractivity contribution in [3.05, 3.63) is 77.6 Å². The molecular formula is C32H34N6O3. The predicted molar refractivity (Wildman–Crippen MR) is 154 cm³/mol. The topological polar surface area (TPSA) is 124 Å². The summed E-state index contributed by atoms with van der Waals surface area (Å²) in [4.78, 5) is 39.8. The number of fused-ring (bicyclic) bond motifs is 3. The summed E-state index contributed by atoms with van der Waals surface area (Å²) in [5.41, 5.74) is 10.9. The van der Waals surface area contributed by atoms with Gasteiger partial charge in [-0.1, -0.05) is 24.3 Å². The zero-order valence-electron chi connectivity index (χ0n) is 23.2. The van der Waals surface area contributed by atoms with Gasteiger partial charge in [0.2, 0.25) is 5.91 Å². The zero-order valence-corrected chi connectivity index (χ0v) is 23.2. The highest BCUT2D eigenvalue weighted by molar-refractivity contribution is 5.98. The van der Waals surface area contributed by atoms with E-state index in [0.29, 0.717) is 18.0 Å². The number of amides is 1. The maximum absolute atomic E-state index is 13.0. The summed E-state index contributed by atoms with van der Waals surface area (Å²) >= 11 is 0. The molecule has 2 aliphatic carbocycles. The van der Waals surface area contributed by atoms with Crippen molar-refractivity contribution in [1.29, 1.82) is 0 Å². The van der Waals surface area contributed by atoms with Crippen LogP contribution in [0.25, 0.3) is 16.8 Å². The van der Waals surface area contributed by atoms with Crippen molar-refractivity contribution in [3.8, 4) is 11.3 Å². The number of hydrogen-bond donors (Lipinski definition) is 2. The van der Waals surface area contributed by atoms with Crippen LogP contribution in [0.1, 0.15) is 72.4 Å². The van der Waals surface area contributed by atoms with Gasteiger partial charge in [0.1, 0.15) is 29.0 Å². The lowest BCUT2D eigenvalue weighted by Gasteiger charge is -2.29. The van der Waals surface area contributed by atoms with Gasteiger partial charge in [0.15, 0.2) is 5.78 Å². The average molecular weight is 551 g/mol. The summed E-state index contributed by atoms with van der Waals surface area (Å²) in [7, 11) is 0. The molecule has 1 aromatic carbocycles. The highest BCUT2D eigenvalue weighted by Crippen LogP contribution is 2.57. The molecule has 210 valence electrons. The Kier molecular flexibility index (Phi) is 6.15. The second-order valence-corrected chi connectivity index (χ2v) is 12.0. The first-order valence-corrected chi connectivity index (χ1v) is 14.5. The smallest absolute Gasteiger partial charge is 0.249 e. The summed E-state index contributed by atoms with van der Waals surface area (Å²) in [5.74, 6) is 1.42. The first-order chi connectivity index (χ1) is 19.8. The summed E-state index contributed by atoms with van der Waals surface area (Å²) in [6.07, 6.45) is 11.6. The van der Waals surface area contributed by atoms with Crippen molar-refractivity contribution in [2.45, 2.75) is 75.3 Å². The number of imidazole rings is 1. The van der Waals surface area contributed by atoms with Crippen molar-refractivity contribution in [3.63, 3.8) is 0 Å². The second kappa shape index (κ2) is 9.76. The molecule has 3 aromatic heterocycles. The van der Waals surface area contributed by atoms with E-state index in [4.69, 9.17) is 15.5 Å². The molecule has 1 atom stereocenters. The minimum Gasteiger partial charge on any atom is -0.382 e. The number of carbonyl (C=O) groups excluding carboxylic acids is 2. The number of pyridine rings is 1. The second-order valence-electron chi connectivity index (χ2n) is 12.0. The lowest BCUT2D eigenvalue weighted by Crippen LogP contribution is -2.49. The number of aryl methyl sites for hydroxylation is 1. The van der Waals surface area contributed by atoms with Crippen LogP contribution in [0.4, 0.5) is 5.82 Å². The molecule has 2 saturated carbocycles. The van der Waals surface area contributed by atoms with Crippen molar-refractivity contribution in [2.75, 3.05) is 12.3 Å². The number of ketones is 1. The Morgan fingerprint density at radius 1 is 1.10 bits per heavy atom. The third kappa shape index (κ3) is 4.48. The number of hydrogen-bond acceptors (Lipinski definition) is 7. The molecule has 0 spiro atoms. The standard InChI is InChI=1S/C32H34N6O3/c1-20-8-13-34-23(17-20)18-24(39)21-4-6-22(7-5-21)26-27-28(33)35-14-15-38(27)30(36-26)31-9-11-32(19-31,12-10-31)37-29(40)25-3-2-16-41-25/h4-8,13-15,17,25H,2-3,9-12,16,18-19H2,1H3,(H2,33,35)(H,37,40). The largest absolute Gasteiger partial charge is 0.382 e. The SMILES string of the molecule is Cc1ccnc(CC(=O)c2ccc(-c3nc(C45CCC(NC(=O)C6CCCO6)(CC4)C5)n4ccnc(N)c34)cc2)c1. The van der Waals surface area contributed by atoms with Crippen LogP contribution in [-0.2, 0) is 21.4 Å². The molecule has 3 aliphatic rings. The highest BCUT2D eigenvalue weighted by atomic mass is 16.5. The number of aromatic nitrogens is 4. The van der Waals surface area contributed by atoms with E-state index >= 15 is 0 Å². The third-order valence-corrected chi connectivity index (χ3v) is 9.30. The Labute approximate surface area is 238 Å². The van der Waals surface area contributed by atoms with E-state index in [1.54, 1.807) is 12.4 Å². The molecule has 2 bridgehead atoms. The molecule has 9 heteroatoms. The van der Waals surface area contributed by atoms with Crippen LogP contribution < -0.4 is 11.1 Å². The summed E-state index contributed by atoms with van der Waals surface area (Å²) in [5, 5.41) is 3.38. The van der Waals surface area contributed by atoms with E-state index in [2.05, 4.69) is 19.7 Å². The Morgan fingerprint density at radius 2 is 1.90 bits per heavy atom. The summed E-state index contributed by atoms with van der Waals surface area (Å²) < 4.78 is 7.73. The van der Waals surface area contributed by atoms with Crippen LogP contribution in [0, 0.1) is 6.92 Å². The molecule has 9 nitrogen and oxygen atoms in total. The molecule has 4 heterocycles. The number of Topliss-reactive ketones (excluding diaryl/α,β-unsaturated/α-hetero) is 1. The van der Waals surface area contributed by atoms with Gasteiger partial charge in [-0.2, -0.15) is 0 Å². The normalized spacial score (nSPS) is 25.1. The van der Waals surface area contributed by atoms with E-state index in [-0.39, 0.29) is 35.2 Å². The number of rotatable bonds is 7. The third-order valence-electron chi connectivity index (χ3n) is 9.30. The van der Waals surface area contributed by atoms with Gasteiger partial charge in [0.05, 0.1) is 6.42 Å². The number of nitrogens with two attached hydrogens (primary N) is 1. The number of nitrogens with zero attached hydrogens (tertiary/aromatic N) is 4. The van der Waals surface area contributed by atoms with E-state index in [0.717, 1.165) is 78.8 Å². The van der Waals surface area contributed by atoms with Gasteiger partial charge in [-0.3, -0.25) is 19.0 Å². The van der Waals surface area contributed by atoms with Crippen LogP contribution in [0.2, 0.25) is 0 Å². The van der Waals surface area contributed by atoms with Gasteiger partial charge in [0, 0.05) is 53.0 Å². The van der Waals surface area contributed by atoms with E-state index in [1.165, 1.54) is 0 Å². The number of ether oxygens (including phenoxy) is 1. The van der Waals surface area contributed by atoms with Crippen molar-refractivity contribution in [2.24, 2.45) is 0 Å². The van der Waals surface area contributed by atoms with E-state index in [9.17, 15) is 9.59 Å². The van der Waals surface area contributed by atoms with Crippen LogP contribution in [0.3, 0.4) is 0 Å².